The van der Waals surface area contributed by atoms with Gasteiger partial charge in [0.15, 0.2) is 0 Å². The standard InChI is InChI=1S/C16H17F2N3O/c17-12-5-6-13(14(18)9-12)16(22)19-7-8-21-15-4-2-1-3-11(15)10-20-21/h5-6,9-10H,1-4,7-8H2,(H,19,22). The fourth-order valence-corrected chi connectivity index (χ4v) is 2.79. The van der Waals surface area contributed by atoms with Crippen LogP contribution in [0.3, 0.4) is 0 Å². The highest BCUT2D eigenvalue weighted by molar-refractivity contribution is 5.94. The summed E-state index contributed by atoms with van der Waals surface area (Å²) in [5.41, 5.74) is 2.36. The molecule has 0 saturated heterocycles. The zero-order chi connectivity index (χ0) is 15.5. The smallest absolute Gasteiger partial charge is 0.254 e. The summed E-state index contributed by atoms with van der Waals surface area (Å²) in [6.45, 7) is 0.896. The first-order valence-electron chi connectivity index (χ1n) is 7.42. The number of nitrogens with zero attached hydrogens (tertiary/aromatic N) is 2. The number of aryl methyl sites for hydroxylation is 1. The van der Waals surface area contributed by atoms with Crippen molar-refractivity contribution in [1.82, 2.24) is 15.1 Å². The number of benzene rings is 1. The molecule has 1 aliphatic rings. The number of aromatic nitrogens is 2. The zero-order valence-electron chi connectivity index (χ0n) is 12.1. The Morgan fingerprint density at radius 2 is 2.09 bits per heavy atom. The number of carbonyl (C=O) groups is 1. The number of halogens is 2. The highest BCUT2D eigenvalue weighted by Gasteiger charge is 2.15. The first-order valence-corrected chi connectivity index (χ1v) is 7.42. The molecule has 0 atom stereocenters. The summed E-state index contributed by atoms with van der Waals surface area (Å²) >= 11 is 0. The molecule has 116 valence electrons. The molecule has 0 saturated carbocycles. The van der Waals surface area contributed by atoms with Crippen LogP contribution in [0.2, 0.25) is 0 Å². The summed E-state index contributed by atoms with van der Waals surface area (Å²) in [4.78, 5) is 11.9. The van der Waals surface area contributed by atoms with Gasteiger partial charge >= 0.3 is 0 Å². The SMILES string of the molecule is O=C(NCCn1ncc2c1CCCC2)c1ccc(F)cc1F. The van der Waals surface area contributed by atoms with Crippen molar-refractivity contribution >= 4 is 5.91 Å². The van der Waals surface area contributed by atoms with Crippen LogP contribution in [0.4, 0.5) is 8.78 Å². The maximum atomic E-state index is 13.5. The molecule has 22 heavy (non-hydrogen) atoms. The van der Waals surface area contributed by atoms with Crippen molar-refractivity contribution in [3.63, 3.8) is 0 Å². The molecule has 4 nitrogen and oxygen atoms in total. The van der Waals surface area contributed by atoms with E-state index in [9.17, 15) is 13.6 Å². The Balaban J connectivity index is 1.59. The molecular weight excluding hydrogens is 288 g/mol. The second kappa shape index (κ2) is 6.25. The third-order valence-electron chi connectivity index (χ3n) is 3.93. The highest BCUT2D eigenvalue weighted by atomic mass is 19.1. The summed E-state index contributed by atoms with van der Waals surface area (Å²) in [6, 6.07) is 2.93. The zero-order valence-corrected chi connectivity index (χ0v) is 12.1. The molecule has 1 N–H and O–H groups in total. The average Bonchev–Trinajstić information content (AvgIpc) is 2.90. The van der Waals surface area contributed by atoms with Gasteiger partial charge in [-0.25, -0.2) is 8.78 Å². The lowest BCUT2D eigenvalue weighted by Crippen LogP contribution is -2.28. The van der Waals surface area contributed by atoms with Gasteiger partial charge in [0.25, 0.3) is 5.91 Å². The van der Waals surface area contributed by atoms with Crippen molar-refractivity contribution in [3.8, 4) is 0 Å². The Bertz CT molecular complexity index is 697. The number of nitrogens with one attached hydrogen (secondary N) is 1. The van der Waals surface area contributed by atoms with E-state index in [1.54, 1.807) is 0 Å². The minimum atomic E-state index is -0.853. The fourth-order valence-electron chi connectivity index (χ4n) is 2.79. The van der Waals surface area contributed by atoms with Crippen LogP contribution >= 0.6 is 0 Å². The van der Waals surface area contributed by atoms with E-state index in [4.69, 9.17) is 0 Å². The summed E-state index contributed by atoms with van der Waals surface area (Å²) in [5.74, 6) is -2.09. The maximum Gasteiger partial charge on any atom is 0.254 e. The lowest BCUT2D eigenvalue weighted by Gasteiger charge is -2.14. The Kier molecular flexibility index (Phi) is 4.18. The molecule has 0 radical (unpaired) electrons. The van der Waals surface area contributed by atoms with Gasteiger partial charge in [0, 0.05) is 18.3 Å². The quantitative estimate of drug-likeness (QED) is 0.943. The van der Waals surface area contributed by atoms with Crippen molar-refractivity contribution in [3.05, 3.63) is 52.9 Å². The Morgan fingerprint density at radius 1 is 1.27 bits per heavy atom. The molecule has 2 aromatic rings. The minimum absolute atomic E-state index is 0.149. The number of hydrogen-bond acceptors (Lipinski definition) is 2. The molecule has 0 spiro atoms. The van der Waals surface area contributed by atoms with Gasteiger partial charge in [0.1, 0.15) is 11.6 Å². The number of carbonyl (C=O) groups excluding carboxylic acids is 1. The number of amides is 1. The van der Waals surface area contributed by atoms with Crippen LogP contribution in [-0.4, -0.2) is 22.2 Å². The van der Waals surface area contributed by atoms with Crippen LogP contribution in [0.15, 0.2) is 24.4 Å². The van der Waals surface area contributed by atoms with Crippen LogP contribution < -0.4 is 5.32 Å². The van der Waals surface area contributed by atoms with Gasteiger partial charge in [0.05, 0.1) is 18.3 Å². The van der Waals surface area contributed by atoms with Gasteiger partial charge in [0.2, 0.25) is 0 Å². The maximum absolute atomic E-state index is 13.5. The molecule has 1 heterocycles. The number of hydrogen-bond donors (Lipinski definition) is 1. The molecule has 1 aromatic carbocycles. The third-order valence-corrected chi connectivity index (χ3v) is 3.93. The van der Waals surface area contributed by atoms with E-state index in [2.05, 4.69) is 10.4 Å². The Hall–Kier alpha value is -2.24. The summed E-state index contributed by atoms with van der Waals surface area (Å²) in [7, 11) is 0. The van der Waals surface area contributed by atoms with Gasteiger partial charge in [-0.3, -0.25) is 9.48 Å². The second-order valence-corrected chi connectivity index (χ2v) is 5.43. The lowest BCUT2D eigenvalue weighted by atomic mass is 9.98. The number of fused-ring (bicyclic) bond motifs is 1. The Morgan fingerprint density at radius 3 is 2.91 bits per heavy atom. The van der Waals surface area contributed by atoms with Crippen molar-refractivity contribution in [2.45, 2.75) is 32.2 Å². The molecule has 6 heteroatoms. The normalized spacial score (nSPS) is 13.7. The minimum Gasteiger partial charge on any atom is -0.350 e. The summed E-state index contributed by atoms with van der Waals surface area (Å²) < 4.78 is 28.2. The molecule has 3 rings (SSSR count). The van der Waals surface area contributed by atoms with Crippen LogP contribution in [0.1, 0.15) is 34.5 Å². The van der Waals surface area contributed by atoms with Crippen molar-refractivity contribution in [2.24, 2.45) is 0 Å². The molecule has 0 aliphatic heterocycles. The Labute approximate surface area is 127 Å². The third kappa shape index (κ3) is 3.00. The van der Waals surface area contributed by atoms with Gasteiger partial charge in [-0.2, -0.15) is 5.10 Å². The van der Waals surface area contributed by atoms with E-state index in [1.165, 1.54) is 17.7 Å². The lowest BCUT2D eigenvalue weighted by molar-refractivity contribution is 0.0947. The highest BCUT2D eigenvalue weighted by Crippen LogP contribution is 2.20. The van der Waals surface area contributed by atoms with E-state index in [0.717, 1.165) is 31.4 Å². The molecular formula is C16H17F2N3O. The fraction of sp³-hybridized carbons (Fsp3) is 0.375. The summed E-state index contributed by atoms with van der Waals surface area (Å²) in [5, 5.41) is 6.98. The topological polar surface area (TPSA) is 46.9 Å². The van der Waals surface area contributed by atoms with Crippen molar-refractivity contribution in [1.29, 1.82) is 0 Å². The predicted molar refractivity (Wildman–Crippen MR) is 77.6 cm³/mol. The summed E-state index contributed by atoms with van der Waals surface area (Å²) in [6.07, 6.45) is 6.30. The monoisotopic (exact) mass is 305 g/mol. The van der Waals surface area contributed by atoms with E-state index in [1.807, 2.05) is 10.9 Å². The van der Waals surface area contributed by atoms with E-state index >= 15 is 0 Å². The van der Waals surface area contributed by atoms with Gasteiger partial charge in [-0.15, -0.1) is 0 Å². The first-order chi connectivity index (χ1) is 10.6. The van der Waals surface area contributed by atoms with Gasteiger partial charge < -0.3 is 5.32 Å². The van der Waals surface area contributed by atoms with E-state index in [0.29, 0.717) is 19.2 Å². The average molecular weight is 305 g/mol. The van der Waals surface area contributed by atoms with Crippen LogP contribution in [0.25, 0.3) is 0 Å². The molecule has 1 amide bonds. The number of rotatable bonds is 4. The van der Waals surface area contributed by atoms with Crippen molar-refractivity contribution < 1.29 is 13.6 Å². The van der Waals surface area contributed by atoms with Gasteiger partial charge in [-0.1, -0.05) is 0 Å². The van der Waals surface area contributed by atoms with Crippen LogP contribution in [-0.2, 0) is 19.4 Å². The van der Waals surface area contributed by atoms with Crippen LogP contribution in [0, 0.1) is 11.6 Å². The van der Waals surface area contributed by atoms with E-state index < -0.39 is 17.5 Å². The molecule has 0 unspecified atom stereocenters. The molecule has 1 aliphatic carbocycles. The van der Waals surface area contributed by atoms with E-state index in [-0.39, 0.29) is 5.56 Å². The second-order valence-electron chi connectivity index (χ2n) is 5.43. The molecule has 0 bridgehead atoms. The van der Waals surface area contributed by atoms with Gasteiger partial charge in [-0.05, 0) is 43.4 Å². The first kappa shape index (κ1) is 14.7. The largest absolute Gasteiger partial charge is 0.350 e. The van der Waals surface area contributed by atoms with Crippen molar-refractivity contribution in [2.75, 3.05) is 6.54 Å². The van der Waals surface area contributed by atoms with Crippen LogP contribution in [0.5, 0.6) is 0 Å². The molecule has 1 aromatic heterocycles. The molecule has 0 fully saturated rings. The predicted octanol–water partition coefficient (Wildman–Crippen LogP) is 2.47.